The van der Waals surface area contributed by atoms with Crippen molar-refractivity contribution in [3.63, 3.8) is 0 Å². The van der Waals surface area contributed by atoms with E-state index in [1.54, 1.807) is 11.8 Å². The second-order valence-electron chi connectivity index (χ2n) is 5.61. The number of carbonyl (C=O) groups is 2. The number of nitrogens with zero attached hydrogens (tertiary/aromatic N) is 3. The lowest BCUT2D eigenvalue weighted by Gasteiger charge is -2.15. The van der Waals surface area contributed by atoms with Crippen LogP contribution in [0.3, 0.4) is 0 Å². The summed E-state index contributed by atoms with van der Waals surface area (Å²) >= 11 is 2.71. The van der Waals surface area contributed by atoms with Crippen LogP contribution in [-0.4, -0.2) is 51.6 Å². The van der Waals surface area contributed by atoms with Gasteiger partial charge in [0.2, 0.25) is 11.8 Å². The molecule has 7 nitrogen and oxygen atoms in total. The average molecular weight is 406 g/mol. The zero-order valence-corrected chi connectivity index (χ0v) is 16.6. The highest BCUT2D eigenvalue weighted by Crippen LogP contribution is 2.30. The fraction of sp³-hybridized carbons (Fsp3) is 0.333. The van der Waals surface area contributed by atoms with Gasteiger partial charge in [0.15, 0.2) is 0 Å². The van der Waals surface area contributed by atoms with Crippen molar-refractivity contribution in [3.8, 4) is 11.5 Å². The summed E-state index contributed by atoms with van der Waals surface area (Å²) < 4.78 is 10.6. The molecule has 1 fully saturated rings. The quantitative estimate of drug-likeness (QED) is 0.395. The van der Waals surface area contributed by atoms with Gasteiger partial charge < -0.3 is 14.1 Å². The maximum absolute atomic E-state index is 12.0. The van der Waals surface area contributed by atoms with Crippen LogP contribution >= 0.6 is 23.5 Å². The average Bonchev–Trinajstić information content (AvgIpc) is 3.24. The van der Waals surface area contributed by atoms with Gasteiger partial charge in [0.1, 0.15) is 0 Å². The second kappa shape index (κ2) is 9.09. The van der Waals surface area contributed by atoms with Gasteiger partial charge in [-0.1, -0.05) is 41.7 Å². The number of aryl methyl sites for hydroxylation is 1. The molecule has 0 aliphatic carbocycles. The molecule has 1 amide bonds. The molecule has 0 spiro atoms. The molecule has 0 saturated carbocycles. The molecule has 0 unspecified atom stereocenters. The molecule has 1 aliphatic rings. The lowest BCUT2D eigenvalue weighted by Crippen LogP contribution is -2.27. The molecule has 0 radical (unpaired) electrons. The number of ether oxygens (including phenoxy) is 1. The van der Waals surface area contributed by atoms with Gasteiger partial charge in [-0.2, -0.15) is 0 Å². The zero-order valence-electron chi connectivity index (χ0n) is 15.0. The molecule has 1 saturated heterocycles. The van der Waals surface area contributed by atoms with Crippen molar-refractivity contribution in [2.24, 2.45) is 0 Å². The predicted octanol–water partition coefficient (Wildman–Crippen LogP) is 3.12. The first-order valence-corrected chi connectivity index (χ1v) is 10.4. The smallest absolute Gasteiger partial charge is 0.333 e. The number of amides is 1. The van der Waals surface area contributed by atoms with Gasteiger partial charge in [-0.15, -0.1) is 10.2 Å². The lowest BCUT2D eigenvalue weighted by molar-refractivity contribution is -0.137. The van der Waals surface area contributed by atoms with Gasteiger partial charge in [-0.25, -0.2) is 4.79 Å². The molecule has 0 bridgehead atoms. The summed E-state index contributed by atoms with van der Waals surface area (Å²) in [6.45, 7) is 4.48. The number of esters is 1. The van der Waals surface area contributed by atoms with E-state index < -0.39 is 5.97 Å². The lowest BCUT2D eigenvalue weighted by atomic mass is 10.1. The van der Waals surface area contributed by atoms with Gasteiger partial charge in [0.25, 0.3) is 5.22 Å². The third-order valence-corrected chi connectivity index (χ3v) is 5.58. The summed E-state index contributed by atoms with van der Waals surface area (Å²) in [5.41, 5.74) is 1.97. The number of rotatable bonds is 7. The van der Waals surface area contributed by atoms with Crippen LogP contribution < -0.4 is 0 Å². The van der Waals surface area contributed by atoms with Crippen LogP contribution in [0.5, 0.6) is 0 Å². The summed E-state index contributed by atoms with van der Waals surface area (Å²) in [5, 5.41) is 9.21. The number of thioether (sulfide) groups is 2. The van der Waals surface area contributed by atoms with Crippen LogP contribution in [0.2, 0.25) is 0 Å². The molecule has 2 heterocycles. The first-order valence-electron chi connectivity index (χ1n) is 8.42. The van der Waals surface area contributed by atoms with E-state index in [0.717, 1.165) is 11.1 Å². The first kappa shape index (κ1) is 19.5. The molecule has 9 heteroatoms. The topological polar surface area (TPSA) is 85.5 Å². The highest BCUT2D eigenvalue weighted by Gasteiger charge is 2.27. The minimum absolute atomic E-state index is 0.0257. The standard InChI is InChI=1S/C18H19N3O4S2/c1-3-24-16(23)10-15-21(14(22)11-27-15)8-9-26-18-20-19-17(25-18)13-7-5-4-6-12(13)2/h4-7,10H,3,8-9,11H2,1-2H3/b15-10-. The summed E-state index contributed by atoms with van der Waals surface area (Å²) in [6, 6.07) is 7.80. The van der Waals surface area contributed by atoms with E-state index in [2.05, 4.69) is 10.2 Å². The largest absolute Gasteiger partial charge is 0.463 e. The maximum atomic E-state index is 12.0. The molecule has 27 heavy (non-hydrogen) atoms. The van der Waals surface area contributed by atoms with Crippen molar-refractivity contribution in [1.82, 2.24) is 15.1 Å². The number of aromatic nitrogens is 2. The van der Waals surface area contributed by atoms with Crippen molar-refractivity contribution in [1.29, 1.82) is 0 Å². The van der Waals surface area contributed by atoms with Gasteiger partial charge in [0.05, 0.1) is 23.5 Å². The van der Waals surface area contributed by atoms with Crippen molar-refractivity contribution in [2.45, 2.75) is 19.1 Å². The number of hydrogen-bond donors (Lipinski definition) is 0. The zero-order chi connectivity index (χ0) is 19.2. The van der Waals surface area contributed by atoms with Crippen LogP contribution in [0.1, 0.15) is 12.5 Å². The fourth-order valence-electron chi connectivity index (χ4n) is 2.47. The highest BCUT2D eigenvalue weighted by atomic mass is 32.2. The van der Waals surface area contributed by atoms with Gasteiger partial charge in [-0.05, 0) is 25.5 Å². The normalized spacial score (nSPS) is 15.6. The molecule has 0 N–H and O–H groups in total. The second-order valence-corrected chi connectivity index (χ2v) is 7.65. The summed E-state index contributed by atoms with van der Waals surface area (Å²) in [4.78, 5) is 25.3. The highest BCUT2D eigenvalue weighted by molar-refractivity contribution is 8.04. The maximum Gasteiger partial charge on any atom is 0.333 e. The third-order valence-electron chi connectivity index (χ3n) is 3.76. The number of hydrogen-bond acceptors (Lipinski definition) is 8. The van der Waals surface area contributed by atoms with E-state index in [9.17, 15) is 9.59 Å². The Morgan fingerprint density at radius 3 is 3.00 bits per heavy atom. The van der Waals surface area contributed by atoms with E-state index >= 15 is 0 Å². The van der Waals surface area contributed by atoms with Crippen LogP contribution in [-0.2, 0) is 14.3 Å². The van der Waals surface area contributed by atoms with Crippen LogP contribution in [0.25, 0.3) is 11.5 Å². The Balaban J connectivity index is 1.58. The Labute approximate surface area is 165 Å². The van der Waals surface area contributed by atoms with Crippen LogP contribution in [0, 0.1) is 6.92 Å². The molecule has 2 aromatic rings. The molecule has 142 valence electrons. The molecule has 1 aromatic heterocycles. The van der Waals surface area contributed by atoms with E-state index in [-0.39, 0.29) is 5.91 Å². The first-order chi connectivity index (χ1) is 13.1. The monoisotopic (exact) mass is 405 g/mol. The van der Waals surface area contributed by atoms with E-state index in [1.165, 1.54) is 29.6 Å². The SMILES string of the molecule is CCOC(=O)/C=C1\SCC(=O)N1CCSc1nnc(-c2ccccc2C)o1. The van der Waals surface area contributed by atoms with E-state index in [1.807, 2.05) is 31.2 Å². The molecule has 1 aromatic carbocycles. The third kappa shape index (κ3) is 4.92. The van der Waals surface area contributed by atoms with Crippen molar-refractivity contribution in [2.75, 3.05) is 24.7 Å². The van der Waals surface area contributed by atoms with Gasteiger partial charge >= 0.3 is 5.97 Å². The molecule has 1 aliphatic heterocycles. The van der Waals surface area contributed by atoms with Crippen molar-refractivity contribution in [3.05, 3.63) is 40.9 Å². The minimum atomic E-state index is -0.438. The Morgan fingerprint density at radius 1 is 1.41 bits per heavy atom. The summed E-state index contributed by atoms with van der Waals surface area (Å²) in [7, 11) is 0. The predicted molar refractivity (Wildman–Crippen MR) is 104 cm³/mol. The Kier molecular flexibility index (Phi) is 6.57. The van der Waals surface area contributed by atoms with Gasteiger partial charge in [-0.3, -0.25) is 4.79 Å². The Morgan fingerprint density at radius 2 is 2.22 bits per heavy atom. The molecule has 0 atom stereocenters. The molecule has 3 rings (SSSR count). The molecular formula is C18H19N3O4S2. The van der Waals surface area contributed by atoms with Crippen molar-refractivity contribution < 1.29 is 18.7 Å². The van der Waals surface area contributed by atoms with Crippen molar-refractivity contribution >= 4 is 35.4 Å². The fourth-order valence-corrected chi connectivity index (χ4v) is 4.11. The van der Waals surface area contributed by atoms with E-state index in [0.29, 0.717) is 40.8 Å². The summed E-state index contributed by atoms with van der Waals surface area (Å²) in [5.74, 6) is 0.913. The van der Waals surface area contributed by atoms with E-state index in [4.69, 9.17) is 9.15 Å². The molecular weight excluding hydrogens is 386 g/mol. The Hall–Kier alpha value is -2.26. The van der Waals surface area contributed by atoms with Gasteiger partial charge in [0, 0.05) is 17.9 Å². The Bertz CT molecular complexity index is 866. The van der Waals surface area contributed by atoms with Crippen LogP contribution in [0.4, 0.5) is 0 Å². The van der Waals surface area contributed by atoms with Crippen LogP contribution in [0.15, 0.2) is 45.0 Å². The number of benzene rings is 1. The summed E-state index contributed by atoms with van der Waals surface area (Å²) in [6.07, 6.45) is 1.37. The minimum Gasteiger partial charge on any atom is -0.463 e. The number of carbonyl (C=O) groups excluding carboxylic acids is 2.